The number of hydrogen-bond acceptors (Lipinski definition) is 4. The lowest BCUT2D eigenvalue weighted by molar-refractivity contribution is 0.0697. The van der Waals surface area contributed by atoms with Crippen molar-refractivity contribution in [1.29, 1.82) is 0 Å². The molecule has 150 valence electrons. The van der Waals surface area contributed by atoms with E-state index in [0.717, 1.165) is 37.9 Å². The Labute approximate surface area is 166 Å². The van der Waals surface area contributed by atoms with Crippen LogP contribution in [0.25, 0.3) is 0 Å². The molecule has 0 radical (unpaired) electrons. The molecule has 2 aromatic rings. The quantitative estimate of drug-likeness (QED) is 0.763. The minimum Gasteiger partial charge on any atom is -0.478 e. The van der Waals surface area contributed by atoms with Crippen molar-refractivity contribution >= 4 is 27.4 Å². The van der Waals surface area contributed by atoms with E-state index < -0.39 is 16.0 Å². The maximum Gasteiger partial charge on any atom is 0.335 e. The van der Waals surface area contributed by atoms with E-state index in [2.05, 4.69) is 16.5 Å². The van der Waals surface area contributed by atoms with Crippen LogP contribution in [0.2, 0.25) is 0 Å². The lowest BCUT2D eigenvalue weighted by Gasteiger charge is -2.33. The minimum atomic E-state index is -3.82. The highest BCUT2D eigenvalue weighted by atomic mass is 32.2. The molecular formula is C21H26N2O4S. The second-order valence-electron chi connectivity index (χ2n) is 7.31. The van der Waals surface area contributed by atoms with Gasteiger partial charge in [0.15, 0.2) is 0 Å². The fourth-order valence-electron chi connectivity index (χ4n) is 3.38. The van der Waals surface area contributed by atoms with E-state index in [-0.39, 0.29) is 10.5 Å². The molecule has 2 aromatic carbocycles. The summed E-state index contributed by atoms with van der Waals surface area (Å²) in [6, 6.07) is 11.3. The smallest absolute Gasteiger partial charge is 0.335 e. The van der Waals surface area contributed by atoms with Gasteiger partial charge in [-0.3, -0.25) is 4.72 Å². The number of carboxylic acid groups (broad SMARTS) is 1. The Morgan fingerprint density at radius 1 is 1.14 bits per heavy atom. The molecule has 0 aromatic heterocycles. The van der Waals surface area contributed by atoms with E-state index in [0.29, 0.717) is 17.3 Å². The van der Waals surface area contributed by atoms with E-state index in [1.54, 1.807) is 30.3 Å². The van der Waals surface area contributed by atoms with Gasteiger partial charge in [0.2, 0.25) is 0 Å². The molecular weight excluding hydrogens is 376 g/mol. The van der Waals surface area contributed by atoms with Gasteiger partial charge in [-0.05, 0) is 61.1 Å². The van der Waals surface area contributed by atoms with Crippen molar-refractivity contribution in [2.24, 2.45) is 5.92 Å². The van der Waals surface area contributed by atoms with Crippen LogP contribution in [-0.2, 0) is 16.4 Å². The topological polar surface area (TPSA) is 86.7 Å². The summed E-state index contributed by atoms with van der Waals surface area (Å²) in [5.41, 5.74) is 2.11. The van der Waals surface area contributed by atoms with Crippen LogP contribution in [-0.4, -0.2) is 32.6 Å². The lowest BCUT2D eigenvalue weighted by atomic mass is 9.98. The fourth-order valence-corrected chi connectivity index (χ4v) is 4.45. The number of benzene rings is 2. The van der Waals surface area contributed by atoms with Crippen molar-refractivity contribution in [3.8, 4) is 0 Å². The van der Waals surface area contributed by atoms with Crippen LogP contribution in [0.15, 0.2) is 47.4 Å². The summed E-state index contributed by atoms with van der Waals surface area (Å²) in [5.74, 6) is -0.460. The third kappa shape index (κ3) is 4.47. The van der Waals surface area contributed by atoms with Crippen LogP contribution in [0, 0.1) is 5.92 Å². The maximum absolute atomic E-state index is 12.9. The van der Waals surface area contributed by atoms with Crippen LogP contribution < -0.4 is 9.62 Å². The molecule has 0 saturated carbocycles. The zero-order valence-corrected chi connectivity index (χ0v) is 17.0. The molecule has 3 rings (SSSR count). The highest BCUT2D eigenvalue weighted by Crippen LogP contribution is 2.32. The number of aryl methyl sites for hydroxylation is 1. The minimum absolute atomic E-state index is 0.0492. The van der Waals surface area contributed by atoms with E-state index >= 15 is 0 Å². The number of carboxylic acids is 1. The zero-order chi connectivity index (χ0) is 20.3. The van der Waals surface area contributed by atoms with Gasteiger partial charge < -0.3 is 10.0 Å². The molecule has 0 unspecified atom stereocenters. The molecule has 1 aliphatic heterocycles. The summed E-state index contributed by atoms with van der Waals surface area (Å²) in [6.07, 6.45) is 2.86. The van der Waals surface area contributed by atoms with Gasteiger partial charge in [0.25, 0.3) is 10.0 Å². The van der Waals surface area contributed by atoms with Gasteiger partial charge in [0, 0.05) is 13.1 Å². The van der Waals surface area contributed by atoms with Crippen molar-refractivity contribution in [3.05, 3.63) is 53.6 Å². The largest absolute Gasteiger partial charge is 0.478 e. The molecule has 0 bridgehead atoms. The Hall–Kier alpha value is -2.54. The maximum atomic E-state index is 12.9. The third-order valence-corrected chi connectivity index (χ3v) is 6.64. The van der Waals surface area contributed by atoms with Crippen LogP contribution in [0.3, 0.4) is 0 Å². The first-order valence-corrected chi connectivity index (χ1v) is 11.0. The van der Waals surface area contributed by atoms with E-state index in [4.69, 9.17) is 0 Å². The highest BCUT2D eigenvalue weighted by Gasteiger charge is 2.22. The SMILES string of the molecule is CCc1ccc(S(=O)(=O)Nc2cc(C(=O)O)ccc2N2CCC(C)CC2)cc1. The van der Waals surface area contributed by atoms with E-state index in [1.165, 1.54) is 12.1 Å². The van der Waals surface area contributed by atoms with Gasteiger partial charge in [0.05, 0.1) is 21.8 Å². The number of piperidine rings is 1. The van der Waals surface area contributed by atoms with Gasteiger partial charge in [0.1, 0.15) is 0 Å². The van der Waals surface area contributed by atoms with Crippen LogP contribution in [0.1, 0.15) is 42.6 Å². The van der Waals surface area contributed by atoms with Crippen LogP contribution >= 0.6 is 0 Å². The summed E-state index contributed by atoms with van der Waals surface area (Å²) in [6.45, 7) is 5.83. The standard InChI is InChI=1S/C21H26N2O4S/c1-3-16-4-7-18(8-5-16)28(26,27)22-19-14-17(21(24)25)6-9-20(19)23-12-10-15(2)11-13-23/h4-9,14-15,22H,3,10-13H2,1-2H3,(H,24,25). The molecule has 1 aliphatic rings. The second kappa shape index (κ2) is 8.22. The first-order valence-electron chi connectivity index (χ1n) is 9.54. The summed E-state index contributed by atoms with van der Waals surface area (Å²) in [4.78, 5) is 13.7. The molecule has 0 aliphatic carbocycles. The van der Waals surface area contributed by atoms with Gasteiger partial charge >= 0.3 is 5.97 Å². The zero-order valence-electron chi connectivity index (χ0n) is 16.2. The number of aromatic carboxylic acids is 1. The summed E-state index contributed by atoms with van der Waals surface area (Å²) in [7, 11) is -3.82. The van der Waals surface area contributed by atoms with E-state index in [1.807, 2.05) is 6.92 Å². The number of nitrogens with one attached hydrogen (secondary N) is 1. The molecule has 28 heavy (non-hydrogen) atoms. The summed E-state index contributed by atoms with van der Waals surface area (Å²) in [5, 5.41) is 9.33. The van der Waals surface area contributed by atoms with Crippen molar-refractivity contribution in [2.75, 3.05) is 22.7 Å². The predicted octanol–water partition coefficient (Wildman–Crippen LogP) is 3.98. The Balaban J connectivity index is 1.95. The average Bonchev–Trinajstić information content (AvgIpc) is 2.68. The Bertz CT molecular complexity index is 947. The number of sulfonamides is 1. The highest BCUT2D eigenvalue weighted by molar-refractivity contribution is 7.92. The van der Waals surface area contributed by atoms with Crippen molar-refractivity contribution in [2.45, 2.75) is 38.0 Å². The first-order chi connectivity index (χ1) is 13.3. The molecule has 1 heterocycles. The molecule has 2 N–H and O–H groups in total. The monoisotopic (exact) mass is 402 g/mol. The van der Waals surface area contributed by atoms with E-state index in [9.17, 15) is 18.3 Å². The number of hydrogen-bond donors (Lipinski definition) is 2. The van der Waals surface area contributed by atoms with Gasteiger partial charge in [-0.1, -0.05) is 26.0 Å². The Morgan fingerprint density at radius 3 is 2.36 bits per heavy atom. The molecule has 0 spiro atoms. The predicted molar refractivity (Wildman–Crippen MR) is 111 cm³/mol. The molecule has 1 saturated heterocycles. The van der Waals surface area contributed by atoms with Crippen molar-refractivity contribution in [3.63, 3.8) is 0 Å². The third-order valence-electron chi connectivity index (χ3n) is 5.25. The normalized spacial score (nSPS) is 15.4. The second-order valence-corrected chi connectivity index (χ2v) is 8.99. The van der Waals surface area contributed by atoms with Gasteiger partial charge in [-0.2, -0.15) is 0 Å². The van der Waals surface area contributed by atoms with Crippen LogP contribution in [0.4, 0.5) is 11.4 Å². The van der Waals surface area contributed by atoms with Gasteiger partial charge in [-0.15, -0.1) is 0 Å². The Morgan fingerprint density at radius 2 is 1.79 bits per heavy atom. The number of anilines is 2. The Kier molecular flexibility index (Phi) is 5.93. The number of nitrogens with zero attached hydrogens (tertiary/aromatic N) is 1. The summed E-state index contributed by atoms with van der Waals surface area (Å²) < 4.78 is 28.4. The fraction of sp³-hybridized carbons (Fsp3) is 0.381. The number of carbonyl (C=O) groups is 1. The molecule has 6 nitrogen and oxygen atoms in total. The average molecular weight is 403 g/mol. The lowest BCUT2D eigenvalue weighted by Crippen LogP contribution is -2.33. The number of rotatable bonds is 6. The molecule has 7 heteroatoms. The molecule has 0 amide bonds. The van der Waals surface area contributed by atoms with Crippen LogP contribution in [0.5, 0.6) is 0 Å². The van der Waals surface area contributed by atoms with Crippen molar-refractivity contribution in [1.82, 2.24) is 0 Å². The summed E-state index contributed by atoms with van der Waals surface area (Å²) >= 11 is 0. The van der Waals surface area contributed by atoms with Crippen molar-refractivity contribution < 1.29 is 18.3 Å². The molecule has 0 atom stereocenters. The first kappa shape index (κ1) is 20.2. The van der Waals surface area contributed by atoms with Gasteiger partial charge in [-0.25, -0.2) is 13.2 Å². The molecule has 1 fully saturated rings.